The third-order valence-electron chi connectivity index (χ3n) is 7.02. The van der Waals surface area contributed by atoms with E-state index in [9.17, 15) is 26.3 Å². The van der Waals surface area contributed by atoms with Gasteiger partial charge in [0.2, 0.25) is 5.95 Å². The predicted molar refractivity (Wildman–Crippen MR) is 104 cm³/mol. The quantitative estimate of drug-likeness (QED) is 0.652. The average Bonchev–Trinajstić information content (AvgIpc) is 3.22. The summed E-state index contributed by atoms with van der Waals surface area (Å²) in [6.45, 7) is 1.67. The number of hydrogen-bond acceptors (Lipinski definition) is 4. The number of benzene rings is 1. The molecule has 174 valence electrons. The maximum Gasteiger partial charge on any atom is 0.416 e. The van der Waals surface area contributed by atoms with E-state index in [0.717, 1.165) is 42.7 Å². The molecule has 0 spiro atoms. The molecule has 1 aromatic heterocycles. The number of alkyl halides is 6. The smallest absolute Gasteiger partial charge is 0.350 e. The lowest BCUT2D eigenvalue weighted by Crippen LogP contribution is -2.45. The summed E-state index contributed by atoms with van der Waals surface area (Å²) in [7, 11) is 0. The minimum Gasteiger partial charge on any atom is -0.350 e. The minimum absolute atomic E-state index is 0.0439. The first-order valence-electron chi connectivity index (χ1n) is 10.8. The van der Waals surface area contributed by atoms with Crippen molar-refractivity contribution in [1.82, 2.24) is 20.1 Å². The molecule has 2 bridgehead atoms. The van der Waals surface area contributed by atoms with Crippen molar-refractivity contribution in [1.29, 1.82) is 0 Å². The molecule has 1 aliphatic carbocycles. The Morgan fingerprint density at radius 2 is 1.69 bits per heavy atom. The first-order chi connectivity index (χ1) is 15.1. The topological polar surface area (TPSA) is 54.8 Å². The van der Waals surface area contributed by atoms with Crippen LogP contribution in [0, 0.1) is 11.8 Å². The lowest BCUT2D eigenvalue weighted by Gasteiger charge is -2.31. The van der Waals surface area contributed by atoms with Crippen molar-refractivity contribution in [3.05, 3.63) is 41.2 Å². The lowest BCUT2D eigenvalue weighted by atomic mass is 9.87. The summed E-state index contributed by atoms with van der Waals surface area (Å²) >= 11 is 0. The molecule has 4 unspecified atom stereocenters. The van der Waals surface area contributed by atoms with E-state index in [1.165, 1.54) is 12.1 Å². The number of anilines is 1. The molecule has 5 rings (SSSR count). The molecular weight excluding hydrogens is 436 g/mol. The van der Waals surface area contributed by atoms with Crippen molar-refractivity contribution < 1.29 is 26.3 Å². The van der Waals surface area contributed by atoms with Gasteiger partial charge in [-0.15, -0.1) is 5.10 Å². The van der Waals surface area contributed by atoms with Gasteiger partial charge in [-0.25, -0.2) is 4.68 Å². The summed E-state index contributed by atoms with van der Waals surface area (Å²) in [4.78, 5) is 4.39. The van der Waals surface area contributed by atoms with Crippen LogP contribution in [0.25, 0.3) is 0 Å². The molecule has 0 radical (unpaired) electrons. The monoisotopic (exact) mass is 459 g/mol. The van der Waals surface area contributed by atoms with Crippen molar-refractivity contribution in [3.63, 3.8) is 0 Å². The largest absolute Gasteiger partial charge is 0.416 e. The maximum absolute atomic E-state index is 13.7. The molecule has 2 fully saturated rings. The maximum atomic E-state index is 13.7. The molecule has 1 saturated heterocycles. The number of nitrogens with zero attached hydrogens (tertiary/aromatic N) is 3. The summed E-state index contributed by atoms with van der Waals surface area (Å²) in [5.41, 5.74) is -0.536. The van der Waals surface area contributed by atoms with Gasteiger partial charge in [-0.3, -0.25) is 0 Å². The van der Waals surface area contributed by atoms with Crippen LogP contribution >= 0.6 is 0 Å². The van der Waals surface area contributed by atoms with E-state index in [2.05, 4.69) is 20.7 Å². The molecule has 3 heterocycles. The van der Waals surface area contributed by atoms with E-state index in [0.29, 0.717) is 17.4 Å². The van der Waals surface area contributed by atoms with Crippen LogP contribution in [-0.4, -0.2) is 40.1 Å². The van der Waals surface area contributed by atoms with Crippen LogP contribution in [0.5, 0.6) is 0 Å². The highest BCUT2D eigenvalue weighted by Crippen LogP contribution is 2.45. The van der Waals surface area contributed by atoms with E-state index in [1.54, 1.807) is 0 Å². The molecule has 1 saturated carbocycles. The fourth-order valence-corrected chi connectivity index (χ4v) is 5.46. The highest BCUT2D eigenvalue weighted by atomic mass is 19.4. The highest BCUT2D eigenvalue weighted by Gasteiger charge is 2.47. The fourth-order valence-electron chi connectivity index (χ4n) is 5.46. The Balaban J connectivity index is 1.50. The summed E-state index contributed by atoms with van der Waals surface area (Å²) in [6.07, 6.45) is -7.22. The minimum atomic E-state index is -4.53. The molecule has 0 amide bonds. The van der Waals surface area contributed by atoms with Gasteiger partial charge in [0.05, 0.1) is 5.56 Å². The standard InChI is InChI=1S/C21H23F6N5/c22-20(23,24)14-3-1-2-11(8-14)15-6-7-16(21(25,26)27)32-18(15)30-19(31-32)29-17-12-4-5-13(17)10-28-9-12/h1-3,8,12-13,15-17,28H,4-7,9-10H2,(H,29,31). The van der Waals surface area contributed by atoms with Crippen molar-refractivity contribution in [2.45, 2.75) is 56.0 Å². The number of fused-ring (bicyclic) bond motifs is 3. The van der Waals surface area contributed by atoms with Gasteiger partial charge in [-0.1, -0.05) is 18.2 Å². The van der Waals surface area contributed by atoms with Crippen molar-refractivity contribution in [3.8, 4) is 0 Å². The van der Waals surface area contributed by atoms with E-state index >= 15 is 0 Å². The molecule has 2 aromatic rings. The number of nitrogens with one attached hydrogen (secondary N) is 2. The van der Waals surface area contributed by atoms with Gasteiger partial charge >= 0.3 is 12.4 Å². The third-order valence-corrected chi connectivity index (χ3v) is 7.02. The molecule has 1 aromatic carbocycles. The van der Waals surface area contributed by atoms with Gasteiger partial charge in [0.1, 0.15) is 11.9 Å². The third kappa shape index (κ3) is 3.84. The number of halogens is 6. The molecular formula is C21H23F6N5. The Labute approximate surface area is 180 Å². The highest BCUT2D eigenvalue weighted by molar-refractivity contribution is 5.36. The fraction of sp³-hybridized carbons (Fsp3) is 0.619. The van der Waals surface area contributed by atoms with Crippen LogP contribution in [0.1, 0.15) is 54.6 Å². The van der Waals surface area contributed by atoms with Gasteiger partial charge < -0.3 is 10.6 Å². The van der Waals surface area contributed by atoms with Gasteiger partial charge in [-0.2, -0.15) is 31.3 Å². The van der Waals surface area contributed by atoms with Crippen molar-refractivity contribution in [2.24, 2.45) is 11.8 Å². The number of rotatable bonds is 3. The van der Waals surface area contributed by atoms with Crippen LogP contribution < -0.4 is 10.6 Å². The van der Waals surface area contributed by atoms with Gasteiger partial charge in [0.25, 0.3) is 0 Å². The summed E-state index contributed by atoms with van der Waals surface area (Å²) < 4.78 is 81.6. The zero-order chi connectivity index (χ0) is 22.7. The van der Waals surface area contributed by atoms with E-state index in [4.69, 9.17) is 0 Å². The molecule has 5 nitrogen and oxygen atoms in total. The average molecular weight is 459 g/mol. The molecule has 32 heavy (non-hydrogen) atoms. The second kappa shape index (κ2) is 7.64. The Bertz CT molecular complexity index is 968. The number of aromatic nitrogens is 3. The Morgan fingerprint density at radius 1 is 0.969 bits per heavy atom. The van der Waals surface area contributed by atoms with Crippen LogP contribution in [-0.2, 0) is 6.18 Å². The van der Waals surface area contributed by atoms with Crippen LogP contribution in [0.4, 0.5) is 32.3 Å². The predicted octanol–water partition coefficient (Wildman–Crippen LogP) is 4.74. The van der Waals surface area contributed by atoms with Crippen molar-refractivity contribution >= 4 is 5.95 Å². The molecule has 2 aliphatic heterocycles. The van der Waals surface area contributed by atoms with Crippen LogP contribution in [0.15, 0.2) is 24.3 Å². The number of piperidine rings is 1. The lowest BCUT2D eigenvalue weighted by molar-refractivity contribution is -0.175. The molecule has 11 heteroatoms. The zero-order valence-electron chi connectivity index (χ0n) is 17.0. The molecule has 4 atom stereocenters. The van der Waals surface area contributed by atoms with E-state index < -0.39 is 29.9 Å². The van der Waals surface area contributed by atoms with Crippen LogP contribution in [0.2, 0.25) is 0 Å². The molecule has 2 N–H and O–H groups in total. The Morgan fingerprint density at radius 3 is 2.34 bits per heavy atom. The first kappa shape index (κ1) is 21.5. The summed E-state index contributed by atoms with van der Waals surface area (Å²) in [5, 5.41) is 10.8. The van der Waals surface area contributed by atoms with Gasteiger partial charge in [0, 0.05) is 12.0 Å². The summed E-state index contributed by atoms with van der Waals surface area (Å²) in [5.74, 6) is 0.196. The van der Waals surface area contributed by atoms with Gasteiger partial charge in [0.15, 0.2) is 0 Å². The van der Waals surface area contributed by atoms with Crippen molar-refractivity contribution in [2.75, 3.05) is 18.4 Å². The second-order valence-corrected chi connectivity index (χ2v) is 8.97. The van der Waals surface area contributed by atoms with E-state index in [1.807, 2.05) is 0 Å². The van der Waals surface area contributed by atoms with Crippen LogP contribution in [0.3, 0.4) is 0 Å². The Hall–Kier alpha value is -2.30. The normalized spacial score (nSPS) is 30.2. The number of hydrogen-bond donors (Lipinski definition) is 2. The van der Waals surface area contributed by atoms with E-state index in [-0.39, 0.29) is 30.7 Å². The first-order valence-corrected chi connectivity index (χ1v) is 10.8. The Kier molecular flexibility index (Phi) is 5.14. The second-order valence-electron chi connectivity index (χ2n) is 8.97. The zero-order valence-corrected chi connectivity index (χ0v) is 17.0. The summed E-state index contributed by atoms with van der Waals surface area (Å²) in [6, 6.07) is 2.98. The molecule has 3 aliphatic rings. The SMILES string of the molecule is FC(F)(F)c1cccc(C2CCC(C(F)(F)F)n3nc(NC4C5CCC4CNC5)nc32)c1. The van der Waals surface area contributed by atoms with Gasteiger partial charge in [-0.05, 0) is 62.2 Å².